The van der Waals surface area contributed by atoms with E-state index in [0.29, 0.717) is 22.7 Å². The van der Waals surface area contributed by atoms with Gasteiger partial charge in [-0.15, -0.1) is 23.1 Å². The quantitative estimate of drug-likeness (QED) is 0.429. The van der Waals surface area contributed by atoms with Gasteiger partial charge in [-0.05, 0) is 43.5 Å². The van der Waals surface area contributed by atoms with Crippen LogP contribution in [0.2, 0.25) is 0 Å². The Bertz CT molecular complexity index is 681. The van der Waals surface area contributed by atoms with Crippen LogP contribution >= 0.6 is 23.1 Å². The molecule has 0 atom stereocenters. The number of hydrogen-bond donors (Lipinski definition) is 3. The number of amides is 1. The Morgan fingerprint density at radius 2 is 2.09 bits per heavy atom. The number of nitrogens with one attached hydrogen (secondary N) is 2. The van der Waals surface area contributed by atoms with Crippen molar-refractivity contribution >= 4 is 40.5 Å². The first-order valence-corrected chi connectivity index (χ1v) is 8.65. The summed E-state index contributed by atoms with van der Waals surface area (Å²) in [6, 6.07) is 8.70. The van der Waals surface area contributed by atoms with Crippen molar-refractivity contribution in [3.8, 4) is 5.75 Å². The molecule has 2 aromatic rings. The smallest absolute Gasteiger partial charge is 0.255 e. The third-order valence-corrected chi connectivity index (χ3v) is 5.13. The van der Waals surface area contributed by atoms with E-state index in [9.17, 15) is 4.79 Å². The lowest BCUT2D eigenvalue weighted by Crippen LogP contribution is -2.12. The van der Waals surface area contributed by atoms with Gasteiger partial charge in [-0.3, -0.25) is 10.2 Å². The number of nitrogens with two attached hydrogens (primary N) is 1. The van der Waals surface area contributed by atoms with Crippen LogP contribution in [0.15, 0.2) is 34.5 Å². The average Bonchev–Trinajstić information content (AvgIpc) is 2.91. The fourth-order valence-electron chi connectivity index (χ4n) is 1.81. The topological polar surface area (TPSA) is 88.2 Å². The van der Waals surface area contributed by atoms with Gasteiger partial charge in [0.2, 0.25) is 0 Å². The van der Waals surface area contributed by atoms with Crippen molar-refractivity contribution in [2.75, 3.05) is 18.2 Å². The second kappa shape index (κ2) is 7.33. The summed E-state index contributed by atoms with van der Waals surface area (Å²) in [5.74, 6) is 0.534. The Kier molecular flexibility index (Phi) is 5.46. The second-order valence-electron chi connectivity index (χ2n) is 4.34. The first-order chi connectivity index (χ1) is 10.5. The summed E-state index contributed by atoms with van der Waals surface area (Å²) in [5.41, 5.74) is 6.72. The monoisotopic (exact) mass is 335 g/mol. The second-order valence-corrected chi connectivity index (χ2v) is 6.47. The molecule has 0 fully saturated rings. The molecule has 0 unspecified atom stereocenters. The van der Waals surface area contributed by atoms with Gasteiger partial charge in [0.05, 0.1) is 21.4 Å². The zero-order valence-electron chi connectivity index (χ0n) is 12.3. The largest absolute Gasteiger partial charge is 0.494 e. The molecule has 116 valence electrons. The molecule has 0 bridgehead atoms. The predicted octanol–water partition coefficient (Wildman–Crippen LogP) is 3.41. The molecule has 7 heteroatoms. The van der Waals surface area contributed by atoms with Crippen molar-refractivity contribution in [1.29, 1.82) is 5.41 Å². The zero-order valence-corrected chi connectivity index (χ0v) is 13.9. The van der Waals surface area contributed by atoms with Crippen LogP contribution < -0.4 is 15.8 Å². The number of thiophene rings is 1. The summed E-state index contributed by atoms with van der Waals surface area (Å²) in [7, 11) is 0. The number of carbonyl (C=O) groups excluding carboxylic acids is 1. The maximum Gasteiger partial charge on any atom is 0.255 e. The van der Waals surface area contributed by atoms with Crippen molar-refractivity contribution in [3.05, 3.63) is 40.8 Å². The molecule has 1 aromatic heterocycles. The lowest BCUT2D eigenvalue weighted by Gasteiger charge is -2.06. The van der Waals surface area contributed by atoms with Crippen LogP contribution in [0.1, 0.15) is 22.2 Å². The highest BCUT2D eigenvalue weighted by molar-refractivity contribution is 8.00. The first-order valence-electron chi connectivity index (χ1n) is 6.61. The van der Waals surface area contributed by atoms with Crippen molar-refractivity contribution in [1.82, 2.24) is 0 Å². The van der Waals surface area contributed by atoms with Crippen LogP contribution in [0.3, 0.4) is 0 Å². The van der Waals surface area contributed by atoms with Crippen LogP contribution in [-0.4, -0.2) is 24.6 Å². The summed E-state index contributed by atoms with van der Waals surface area (Å²) < 4.78 is 6.28. The van der Waals surface area contributed by atoms with Crippen LogP contribution in [0.25, 0.3) is 0 Å². The SMILES string of the molecule is CCOc1ccc(C(=O)Nc2cc(C(=N)N)sc2SC)cc1. The summed E-state index contributed by atoms with van der Waals surface area (Å²) in [4.78, 5) is 12.9. The molecule has 0 aliphatic carbocycles. The van der Waals surface area contributed by atoms with Crippen LogP contribution in [-0.2, 0) is 0 Å². The number of ether oxygens (including phenoxy) is 1. The number of nitrogen functional groups attached to an aromatic ring is 1. The molecule has 0 saturated carbocycles. The highest BCUT2D eigenvalue weighted by atomic mass is 32.2. The fraction of sp³-hybridized carbons (Fsp3) is 0.200. The Morgan fingerprint density at radius 3 is 2.64 bits per heavy atom. The molecule has 22 heavy (non-hydrogen) atoms. The molecule has 1 aromatic carbocycles. The predicted molar refractivity (Wildman–Crippen MR) is 92.7 cm³/mol. The molecule has 5 nitrogen and oxygen atoms in total. The zero-order chi connectivity index (χ0) is 16.1. The van der Waals surface area contributed by atoms with Gasteiger partial charge >= 0.3 is 0 Å². The molecular weight excluding hydrogens is 318 g/mol. The molecule has 1 amide bonds. The number of anilines is 1. The fourth-order valence-corrected chi connectivity index (χ4v) is 3.45. The third-order valence-electron chi connectivity index (χ3n) is 2.82. The van der Waals surface area contributed by atoms with E-state index in [2.05, 4.69) is 5.32 Å². The maximum absolute atomic E-state index is 12.3. The van der Waals surface area contributed by atoms with Gasteiger partial charge in [0.25, 0.3) is 5.91 Å². The maximum atomic E-state index is 12.3. The average molecular weight is 335 g/mol. The van der Waals surface area contributed by atoms with Crippen LogP contribution in [0, 0.1) is 5.41 Å². The van der Waals surface area contributed by atoms with Gasteiger partial charge in [0.1, 0.15) is 11.6 Å². The first kappa shape index (κ1) is 16.4. The number of amidine groups is 1. The highest BCUT2D eigenvalue weighted by Crippen LogP contribution is 2.34. The molecule has 0 aliphatic heterocycles. The van der Waals surface area contributed by atoms with Crippen molar-refractivity contribution in [3.63, 3.8) is 0 Å². The van der Waals surface area contributed by atoms with E-state index < -0.39 is 0 Å². The van der Waals surface area contributed by atoms with Crippen molar-refractivity contribution < 1.29 is 9.53 Å². The number of carbonyl (C=O) groups is 1. The molecule has 2 rings (SSSR count). The number of hydrogen-bond acceptors (Lipinski definition) is 5. The standard InChI is InChI=1S/C15H17N3O2S2/c1-3-20-10-6-4-9(5-7-10)14(19)18-11-8-12(13(16)17)22-15(11)21-2/h4-8H,3H2,1-2H3,(H3,16,17)(H,18,19). The summed E-state index contributed by atoms with van der Waals surface area (Å²) in [6.45, 7) is 2.50. The van der Waals surface area contributed by atoms with E-state index >= 15 is 0 Å². The van der Waals surface area contributed by atoms with E-state index in [1.165, 1.54) is 23.1 Å². The van der Waals surface area contributed by atoms with Crippen molar-refractivity contribution in [2.45, 2.75) is 11.1 Å². The van der Waals surface area contributed by atoms with E-state index in [-0.39, 0.29) is 11.7 Å². The Balaban J connectivity index is 2.16. The minimum Gasteiger partial charge on any atom is -0.494 e. The van der Waals surface area contributed by atoms with E-state index in [1.54, 1.807) is 30.3 Å². The summed E-state index contributed by atoms with van der Waals surface area (Å²) in [6.07, 6.45) is 1.92. The van der Waals surface area contributed by atoms with E-state index in [1.807, 2.05) is 13.2 Å². The Morgan fingerprint density at radius 1 is 1.41 bits per heavy atom. The van der Waals surface area contributed by atoms with Gasteiger partial charge in [0, 0.05) is 5.56 Å². The van der Waals surface area contributed by atoms with E-state index in [4.69, 9.17) is 15.9 Å². The number of benzene rings is 1. The molecule has 1 heterocycles. The molecule has 4 N–H and O–H groups in total. The van der Waals surface area contributed by atoms with Gasteiger partial charge in [-0.25, -0.2) is 0 Å². The van der Waals surface area contributed by atoms with Gasteiger partial charge in [-0.1, -0.05) is 0 Å². The summed E-state index contributed by atoms with van der Waals surface area (Å²) >= 11 is 2.90. The van der Waals surface area contributed by atoms with Gasteiger partial charge in [-0.2, -0.15) is 0 Å². The van der Waals surface area contributed by atoms with Gasteiger partial charge < -0.3 is 15.8 Å². The lowest BCUT2D eigenvalue weighted by molar-refractivity contribution is 0.102. The van der Waals surface area contributed by atoms with Crippen LogP contribution in [0.4, 0.5) is 5.69 Å². The number of rotatable bonds is 6. The minimum atomic E-state index is -0.203. The molecule has 0 spiro atoms. The Hall–Kier alpha value is -1.99. The summed E-state index contributed by atoms with van der Waals surface area (Å²) in [5, 5.41) is 10.3. The Labute approximate surface area is 137 Å². The van der Waals surface area contributed by atoms with Crippen LogP contribution in [0.5, 0.6) is 5.75 Å². The van der Waals surface area contributed by atoms with E-state index in [0.717, 1.165) is 9.96 Å². The lowest BCUT2D eigenvalue weighted by atomic mass is 10.2. The molecule has 0 radical (unpaired) electrons. The molecule has 0 saturated heterocycles. The highest BCUT2D eigenvalue weighted by Gasteiger charge is 2.14. The van der Waals surface area contributed by atoms with Gasteiger partial charge in [0.15, 0.2) is 0 Å². The number of thioether (sulfide) groups is 1. The van der Waals surface area contributed by atoms with Crippen molar-refractivity contribution in [2.24, 2.45) is 5.73 Å². The molecule has 0 aliphatic rings. The normalized spacial score (nSPS) is 10.3. The minimum absolute atomic E-state index is 0.00173. The molecular formula is C15H17N3O2S2. The third kappa shape index (κ3) is 3.80.